The number of nitrogens with zero attached hydrogens (tertiary/aromatic N) is 1. The van der Waals surface area contributed by atoms with Gasteiger partial charge in [-0.3, -0.25) is 4.90 Å². The zero-order chi connectivity index (χ0) is 10.6. The van der Waals surface area contributed by atoms with E-state index in [1.807, 2.05) is 0 Å². The summed E-state index contributed by atoms with van der Waals surface area (Å²) in [4.78, 5) is 2.51. The molecule has 1 aliphatic rings. The maximum Gasteiger partial charge on any atom is 0.0674 e. The lowest BCUT2D eigenvalue weighted by molar-refractivity contribution is 0.0572. The van der Waals surface area contributed by atoms with E-state index in [4.69, 9.17) is 10.5 Å². The summed E-state index contributed by atoms with van der Waals surface area (Å²) in [7, 11) is 0. The highest BCUT2D eigenvalue weighted by Gasteiger charge is 2.22. The van der Waals surface area contributed by atoms with Gasteiger partial charge in [0.1, 0.15) is 0 Å². The van der Waals surface area contributed by atoms with E-state index in [9.17, 15) is 0 Å². The standard InChI is InChI=1S/C11H24N2O/c1-9(7-12)11(3)13-5-4-6-14-10(2)8-13/h9-11H,4-8,12H2,1-3H3. The van der Waals surface area contributed by atoms with Gasteiger partial charge in [-0.1, -0.05) is 6.92 Å². The monoisotopic (exact) mass is 200 g/mol. The molecule has 0 saturated carbocycles. The van der Waals surface area contributed by atoms with E-state index in [1.165, 1.54) is 0 Å². The Morgan fingerprint density at radius 3 is 2.86 bits per heavy atom. The van der Waals surface area contributed by atoms with Crippen molar-refractivity contribution in [3.8, 4) is 0 Å². The lowest BCUT2D eigenvalue weighted by Gasteiger charge is -2.32. The summed E-state index contributed by atoms with van der Waals surface area (Å²) in [5.74, 6) is 0.570. The van der Waals surface area contributed by atoms with Crippen molar-refractivity contribution in [3.63, 3.8) is 0 Å². The van der Waals surface area contributed by atoms with Crippen LogP contribution in [0.3, 0.4) is 0 Å². The fourth-order valence-corrected chi connectivity index (χ4v) is 1.95. The first-order valence-electron chi connectivity index (χ1n) is 5.71. The first-order valence-corrected chi connectivity index (χ1v) is 5.71. The molecular formula is C11H24N2O. The molecule has 0 aromatic rings. The Morgan fingerprint density at radius 2 is 2.21 bits per heavy atom. The number of hydrogen-bond acceptors (Lipinski definition) is 3. The molecule has 0 radical (unpaired) electrons. The summed E-state index contributed by atoms with van der Waals surface area (Å²) >= 11 is 0. The van der Waals surface area contributed by atoms with E-state index in [0.717, 1.165) is 32.7 Å². The van der Waals surface area contributed by atoms with Crippen molar-refractivity contribution in [3.05, 3.63) is 0 Å². The minimum Gasteiger partial charge on any atom is -0.377 e. The number of ether oxygens (including phenoxy) is 1. The average molecular weight is 200 g/mol. The van der Waals surface area contributed by atoms with Crippen molar-refractivity contribution in [2.45, 2.75) is 39.3 Å². The van der Waals surface area contributed by atoms with Gasteiger partial charge in [0.05, 0.1) is 6.10 Å². The van der Waals surface area contributed by atoms with Crippen molar-refractivity contribution < 1.29 is 4.74 Å². The topological polar surface area (TPSA) is 38.5 Å². The third kappa shape index (κ3) is 3.23. The molecule has 3 heteroatoms. The van der Waals surface area contributed by atoms with Gasteiger partial charge in [0, 0.05) is 25.7 Å². The van der Waals surface area contributed by atoms with Crippen molar-refractivity contribution in [2.24, 2.45) is 11.7 Å². The molecule has 0 aromatic carbocycles. The molecule has 0 spiro atoms. The molecular weight excluding hydrogens is 176 g/mol. The molecule has 1 saturated heterocycles. The van der Waals surface area contributed by atoms with Crippen molar-refractivity contribution in [2.75, 3.05) is 26.2 Å². The SMILES string of the molecule is CC1CN(C(C)C(C)CN)CCCO1. The molecule has 0 aliphatic carbocycles. The molecule has 1 aliphatic heterocycles. The fourth-order valence-electron chi connectivity index (χ4n) is 1.95. The highest BCUT2D eigenvalue weighted by atomic mass is 16.5. The van der Waals surface area contributed by atoms with E-state index >= 15 is 0 Å². The van der Waals surface area contributed by atoms with E-state index in [-0.39, 0.29) is 0 Å². The van der Waals surface area contributed by atoms with Gasteiger partial charge in [-0.2, -0.15) is 0 Å². The molecule has 3 atom stereocenters. The van der Waals surface area contributed by atoms with Crippen LogP contribution in [0.25, 0.3) is 0 Å². The van der Waals surface area contributed by atoms with Gasteiger partial charge in [0.2, 0.25) is 0 Å². The Labute approximate surface area is 87.6 Å². The Bertz CT molecular complexity index is 163. The van der Waals surface area contributed by atoms with Crippen LogP contribution >= 0.6 is 0 Å². The molecule has 1 heterocycles. The Morgan fingerprint density at radius 1 is 1.50 bits per heavy atom. The lowest BCUT2D eigenvalue weighted by Crippen LogP contribution is -2.43. The van der Waals surface area contributed by atoms with E-state index in [2.05, 4.69) is 25.7 Å². The minimum absolute atomic E-state index is 0.366. The summed E-state index contributed by atoms with van der Waals surface area (Å²) in [5.41, 5.74) is 5.70. The zero-order valence-corrected chi connectivity index (χ0v) is 9.70. The highest BCUT2D eigenvalue weighted by molar-refractivity contribution is 4.76. The van der Waals surface area contributed by atoms with Crippen LogP contribution in [0.1, 0.15) is 27.2 Å². The first-order chi connectivity index (χ1) is 6.65. The van der Waals surface area contributed by atoms with Gasteiger partial charge < -0.3 is 10.5 Å². The van der Waals surface area contributed by atoms with Crippen LogP contribution in [0.2, 0.25) is 0 Å². The summed E-state index contributed by atoms with van der Waals surface area (Å²) < 4.78 is 5.62. The maximum absolute atomic E-state index is 5.70. The second kappa shape index (κ2) is 5.69. The second-order valence-electron chi connectivity index (χ2n) is 4.48. The van der Waals surface area contributed by atoms with Crippen LogP contribution in [0.4, 0.5) is 0 Å². The quantitative estimate of drug-likeness (QED) is 0.741. The van der Waals surface area contributed by atoms with Gasteiger partial charge in [0.15, 0.2) is 0 Å². The molecule has 0 aromatic heterocycles. The molecule has 3 nitrogen and oxygen atoms in total. The molecule has 0 amide bonds. The Balaban J connectivity index is 2.47. The summed E-state index contributed by atoms with van der Waals surface area (Å²) in [5, 5.41) is 0. The minimum atomic E-state index is 0.366. The predicted octanol–water partition coefficient (Wildman–Crippen LogP) is 1.08. The van der Waals surface area contributed by atoms with Crippen molar-refractivity contribution >= 4 is 0 Å². The van der Waals surface area contributed by atoms with Gasteiger partial charge >= 0.3 is 0 Å². The second-order valence-corrected chi connectivity index (χ2v) is 4.48. The number of nitrogens with two attached hydrogens (primary N) is 1. The molecule has 2 N–H and O–H groups in total. The first kappa shape index (κ1) is 12.0. The van der Waals surface area contributed by atoms with Crippen LogP contribution in [-0.2, 0) is 4.74 Å². The highest BCUT2D eigenvalue weighted by Crippen LogP contribution is 2.14. The normalized spacial score (nSPS) is 29.6. The third-order valence-electron chi connectivity index (χ3n) is 3.25. The summed E-state index contributed by atoms with van der Waals surface area (Å²) in [6.07, 6.45) is 1.51. The van der Waals surface area contributed by atoms with Crippen molar-refractivity contribution in [1.29, 1.82) is 0 Å². The van der Waals surface area contributed by atoms with Crippen LogP contribution in [-0.4, -0.2) is 43.3 Å². The van der Waals surface area contributed by atoms with Crippen LogP contribution in [0, 0.1) is 5.92 Å². The van der Waals surface area contributed by atoms with Gasteiger partial charge in [-0.25, -0.2) is 0 Å². The molecule has 0 bridgehead atoms. The average Bonchev–Trinajstić information content (AvgIpc) is 2.40. The zero-order valence-electron chi connectivity index (χ0n) is 9.70. The molecule has 3 unspecified atom stereocenters. The largest absolute Gasteiger partial charge is 0.377 e. The lowest BCUT2D eigenvalue weighted by atomic mass is 10.0. The Kier molecular flexibility index (Phi) is 4.85. The Hall–Kier alpha value is -0.120. The maximum atomic E-state index is 5.70. The van der Waals surface area contributed by atoms with E-state index < -0.39 is 0 Å². The smallest absolute Gasteiger partial charge is 0.0674 e. The van der Waals surface area contributed by atoms with Crippen LogP contribution in [0.5, 0.6) is 0 Å². The summed E-state index contributed by atoms with van der Waals surface area (Å²) in [6.45, 7) is 10.5. The van der Waals surface area contributed by atoms with Gasteiger partial charge in [0.25, 0.3) is 0 Å². The molecule has 1 rings (SSSR count). The molecule has 84 valence electrons. The fraction of sp³-hybridized carbons (Fsp3) is 1.00. The van der Waals surface area contributed by atoms with Crippen LogP contribution in [0.15, 0.2) is 0 Å². The molecule has 14 heavy (non-hydrogen) atoms. The number of hydrogen-bond donors (Lipinski definition) is 1. The van der Waals surface area contributed by atoms with E-state index in [0.29, 0.717) is 18.1 Å². The third-order valence-corrected chi connectivity index (χ3v) is 3.25. The number of rotatable bonds is 3. The van der Waals surface area contributed by atoms with Crippen molar-refractivity contribution in [1.82, 2.24) is 4.90 Å². The molecule has 1 fully saturated rings. The van der Waals surface area contributed by atoms with E-state index in [1.54, 1.807) is 0 Å². The summed E-state index contributed by atoms with van der Waals surface area (Å²) in [6, 6.07) is 0.573. The van der Waals surface area contributed by atoms with Gasteiger partial charge in [-0.15, -0.1) is 0 Å². The van der Waals surface area contributed by atoms with Gasteiger partial charge in [-0.05, 0) is 32.7 Å². The predicted molar refractivity (Wildman–Crippen MR) is 59.3 cm³/mol. The van der Waals surface area contributed by atoms with Crippen LogP contribution < -0.4 is 5.73 Å².